The SMILES string of the molecule is COc1ccc(-c2nsc(NC(=O)c3ccc(OC(C)C)cc3)n2)cc1OC. The van der Waals surface area contributed by atoms with Gasteiger partial charge >= 0.3 is 0 Å². The number of amides is 1. The number of aromatic nitrogens is 2. The normalized spacial score (nSPS) is 10.6. The molecular formula is C20H21N3O4S. The molecule has 0 saturated heterocycles. The Bertz CT molecular complexity index is 954. The third-order valence-corrected chi connectivity index (χ3v) is 4.41. The van der Waals surface area contributed by atoms with E-state index in [0.29, 0.717) is 28.0 Å². The van der Waals surface area contributed by atoms with E-state index in [4.69, 9.17) is 14.2 Å². The van der Waals surface area contributed by atoms with Gasteiger partial charge in [0.2, 0.25) is 5.13 Å². The number of hydrogen-bond acceptors (Lipinski definition) is 7. The monoisotopic (exact) mass is 399 g/mol. The summed E-state index contributed by atoms with van der Waals surface area (Å²) in [6, 6.07) is 12.4. The zero-order valence-electron chi connectivity index (χ0n) is 16.1. The van der Waals surface area contributed by atoms with Crippen molar-refractivity contribution in [2.75, 3.05) is 19.5 Å². The minimum atomic E-state index is -0.258. The molecular weight excluding hydrogens is 378 g/mol. The van der Waals surface area contributed by atoms with Crippen LogP contribution in [0, 0.1) is 0 Å². The van der Waals surface area contributed by atoms with Gasteiger partial charge in [-0.15, -0.1) is 0 Å². The molecule has 0 aliphatic carbocycles. The Labute approximate surface area is 167 Å². The molecule has 0 atom stereocenters. The maximum atomic E-state index is 12.4. The number of rotatable bonds is 7. The lowest BCUT2D eigenvalue weighted by atomic mass is 10.2. The van der Waals surface area contributed by atoms with Gasteiger partial charge in [-0.3, -0.25) is 10.1 Å². The molecule has 3 rings (SSSR count). The van der Waals surface area contributed by atoms with E-state index in [9.17, 15) is 4.79 Å². The summed E-state index contributed by atoms with van der Waals surface area (Å²) in [5.74, 6) is 2.18. The van der Waals surface area contributed by atoms with Gasteiger partial charge in [0.25, 0.3) is 5.91 Å². The van der Waals surface area contributed by atoms with E-state index in [1.807, 2.05) is 19.9 Å². The summed E-state index contributed by atoms with van der Waals surface area (Å²) in [5, 5.41) is 3.18. The molecule has 28 heavy (non-hydrogen) atoms. The second-order valence-corrected chi connectivity index (χ2v) is 6.89. The number of hydrogen-bond donors (Lipinski definition) is 1. The van der Waals surface area contributed by atoms with E-state index in [1.54, 1.807) is 50.6 Å². The van der Waals surface area contributed by atoms with Crippen LogP contribution in [-0.4, -0.2) is 35.6 Å². The maximum Gasteiger partial charge on any atom is 0.257 e. The van der Waals surface area contributed by atoms with Crippen LogP contribution in [0.3, 0.4) is 0 Å². The lowest BCUT2D eigenvalue weighted by Gasteiger charge is -2.09. The van der Waals surface area contributed by atoms with Crippen LogP contribution in [0.25, 0.3) is 11.4 Å². The van der Waals surface area contributed by atoms with E-state index >= 15 is 0 Å². The van der Waals surface area contributed by atoms with E-state index in [-0.39, 0.29) is 12.0 Å². The van der Waals surface area contributed by atoms with Crippen LogP contribution >= 0.6 is 11.5 Å². The van der Waals surface area contributed by atoms with Crippen LogP contribution < -0.4 is 19.5 Å². The van der Waals surface area contributed by atoms with Gasteiger partial charge in [0.1, 0.15) is 5.75 Å². The average molecular weight is 399 g/mol. The molecule has 2 aromatic carbocycles. The smallest absolute Gasteiger partial charge is 0.257 e. The Hall–Kier alpha value is -3.13. The fraction of sp³-hybridized carbons (Fsp3) is 0.250. The molecule has 0 unspecified atom stereocenters. The third kappa shape index (κ3) is 4.58. The summed E-state index contributed by atoms with van der Waals surface area (Å²) in [4.78, 5) is 16.8. The lowest BCUT2D eigenvalue weighted by molar-refractivity contribution is 0.102. The number of methoxy groups -OCH3 is 2. The number of benzene rings is 2. The molecule has 0 saturated carbocycles. The van der Waals surface area contributed by atoms with Gasteiger partial charge in [0.15, 0.2) is 17.3 Å². The van der Waals surface area contributed by atoms with Crippen LogP contribution in [0.5, 0.6) is 17.2 Å². The van der Waals surface area contributed by atoms with Gasteiger partial charge in [-0.05, 0) is 56.3 Å². The summed E-state index contributed by atoms with van der Waals surface area (Å²) in [7, 11) is 3.15. The Balaban J connectivity index is 1.71. The molecule has 0 fully saturated rings. The van der Waals surface area contributed by atoms with Gasteiger partial charge in [-0.1, -0.05) is 0 Å². The predicted octanol–water partition coefficient (Wildman–Crippen LogP) is 4.26. The Kier molecular flexibility index (Phi) is 6.10. The van der Waals surface area contributed by atoms with Crippen LogP contribution in [0.2, 0.25) is 0 Å². The van der Waals surface area contributed by atoms with Gasteiger partial charge in [0.05, 0.1) is 20.3 Å². The third-order valence-electron chi connectivity index (χ3n) is 3.78. The Morgan fingerprint density at radius 1 is 1.04 bits per heavy atom. The molecule has 1 N–H and O–H groups in total. The minimum Gasteiger partial charge on any atom is -0.493 e. The summed E-state index contributed by atoms with van der Waals surface area (Å²) in [6.07, 6.45) is 0.0797. The zero-order chi connectivity index (χ0) is 20.1. The van der Waals surface area contributed by atoms with Gasteiger partial charge in [-0.2, -0.15) is 9.36 Å². The van der Waals surface area contributed by atoms with Crippen LogP contribution in [0.15, 0.2) is 42.5 Å². The zero-order valence-corrected chi connectivity index (χ0v) is 16.9. The molecule has 0 aliphatic rings. The molecule has 1 heterocycles. The van der Waals surface area contributed by atoms with E-state index < -0.39 is 0 Å². The predicted molar refractivity (Wildman–Crippen MR) is 109 cm³/mol. The fourth-order valence-corrected chi connectivity index (χ4v) is 3.08. The van der Waals surface area contributed by atoms with Gasteiger partial charge < -0.3 is 14.2 Å². The molecule has 8 heteroatoms. The first-order valence-corrected chi connectivity index (χ1v) is 9.41. The first-order chi connectivity index (χ1) is 13.5. The van der Waals surface area contributed by atoms with Gasteiger partial charge in [0, 0.05) is 22.7 Å². The van der Waals surface area contributed by atoms with Crippen LogP contribution in [-0.2, 0) is 0 Å². The molecule has 3 aromatic rings. The molecule has 0 aliphatic heterocycles. The summed E-state index contributed by atoms with van der Waals surface area (Å²) in [5.41, 5.74) is 1.28. The molecule has 1 amide bonds. The van der Waals surface area contributed by atoms with E-state index in [0.717, 1.165) is 22.8 Å². The van der Waals surface area contributed by atoms with Crippen LogP contribution in [0.1, 0.15) is 24.2 Å². The number of carbonyl (C=O) groups is 1. The van der Waals surface area contributed by atoms with Crippen molar-refractivity contribution >= 4 is 22.6 Å². The molecule has 146 valence electrons. The van der Waals surface area contributed by atoms with Crippen molar-refractivity contribution in [2.45, 2.75) is 20.0 Å². The number of anilines is 1. The van der Waals surface area contributed by atoms with Crippen molar-refractivity contribution < 1.29 is 19.0 Å². The van der Waals surface area contributed by atoms with Gasteiger partial charge in [-0.25, -0.2) is 0 Å². The molecule has 0 radical (unpaired) electrons. The fourth-order valence-electron chi connectivity index (χ4n) is 2.49. The van der Waals surface area contributed by atoms with Crippen LogP contribution in [0.4, 0.5) is 5.13 Å². The topological polar surface area (TPSA) is 82.6 Å². The minimum absolute atomic E-state index is 0.0797. The average Bonchev–Trinajstić information content (AvgIpc) is 3.16. The Morgan fingerprint density at radius 3 is 2.39 bits per heavy atom. The largest absolute Gasteiger partial charge is 0.493 e. The standard InChI is InChI=1S/C20H21N3O4S/c1-12(2)27-15-8-5-13(6-9-15)19(24)22-20-21-18(23-28-20)14-7-10-16(25-3)17(11-14)26-4/h5-12H,1-4H3,(H,21,22,23,24). The first kappa shape index (κ1) is 19.6. The number of nitrogens with one attached hydrogen (secondary N) is 1. The van der Waals surface area contributed by atoms with Crippen molar-refractivity contribution in [3.8, 4) is 28.6 Å². The first-order valence-electron chi connectivity index (χ1n) is 8.64. The maximum absolute atomic E-state index is 12.4. The van der Waals surface area contributed by atoms with Crippen molar-refractivity contribution in [1.29, 1.82) is 0 Å². The molecule has 1 aromatic heterocycles. The summed E-state index contributed by atoms with van der Waals surface area (Å²) in [6.45, 7) is 3.90. The highest BCUT2D eigenvalue weighted by Gasteiger charge is 2.13. The van der Waals surface area contributed by atoms with Crippen molar-refractivity contribution in [3.05, 3.63) is 48.0 Å². The highest BCUT2D eigenvalue weighted by atomic mass is 32.1. The summed E-state index contributed by atoms with van der Waals surface area (Å²) < 4.78 is 20.4. The van der Waals surface area contributed by atoms with Crippen molar-refractivity contribution in [1.82, 2.24) is 9.36 Å². The van der Waals surface area contributed by atoms with Crippen molar-refractivity contribution in [2.24, 2.45) is 0 Å². The second-order valence-electron chi connectivity index (χ2n) is 6.14. The second kappa shape index (κ2) is 8.71. The number of carbonyl (C=O) groups excluding carboxylic acids is 1. The van der Waals surface area contributed by atoms with E-state index in [2.05, 4.69) is 14.7 Å². The van der Waals surface area contributed by atoms with E-state index in [1.165, 1.54) is 0 Å². The highest BCUT2D eigenvalue weighted by Crippen LogP contribution is 2.32. The molecule has 7 nitrogen and oxygen atoms in total. The highest BCUT2D eigenvalue weighted by molar-refractivity contribution is 7.10. The number of ether oxygens (including phenoxy) is 3. The van der Waals surface area contributed by atoms with Crippen molar-refractivity contribution in [3.63, 3.8) is 0 Å². The lowest BCUT2D eigenvalue weighted by Crippen LogP contribution is -2.12. The number of nitrogens with zero attached hydrogens (tertiary/aromatic N) is 2. The summed E-state index contributed by atoms with van der Waals surface area (Å²) >= 11 is 1.11. The quantitative estimate of drug-likeness (QED) is 0.639. The molecule has 0 spiro atoms. The Morgan fingerprint density at radius 2 is 1.75 bits per heavy atom. The molecule has 0 bridgehead atoms.